The van der Waals surface area contributed by atoms with E-state index in [1.165, 1.54) is 6.26 Å². The van der Waals surface area contributed by atoms with Gasteiger partial charge in [-0.1, -0.05) is 20.8 Å². The zero-order valence-electron chi connectivity index (χ0n) is 10.3. The molecule has 4 heteroatoms. The van der Waals surface area contributed by atoms with Gasteiger partial charge in [-0.25, -0.2) is 0 Å². The molecule has 0 saturated heterocycles. The van der Waals surface area contributed by atoms with Crippen molar-refractivity contribution in [1.29, 1.82) is 0 Å². The van der Waals surface area contributed by atoms with E-state index in [1.807, 2.05) is 0 Å². The van der Waals surface area contributed by atoms with E-state index in [2.05, 4.69) is 33.9 Å². The Morgan fingerprint density at radius 3 is 1.93 bits per heavy atom. The van der Waals surface area contributed by atoms with Crippen molar-refractivity contribution in [3.05, 3.63) is 12.2 Å². The van der Waals surface area contributed by atoms with Crippen LogP contribution in [0.4, 0.5) is 0 Å². The highest BCUT2D eigenvalue weighted by Crippen LogP contribution is 2.37. The fraction of sp³-hybridized carbons (Fsp3) is 0.800. The second-order valence-electron chi connectivity index (χ2n) is 4.74. The molecule has 0 aromatic carbocycles. The Hall–Kier alpha value is -0.643. The van der Waals surface area contributed by atoms with Gasteiger partial charge in [-0.3, -0.25) is 0 Å². The Bertz CT molecular complexity index is 204. The van der Waals surface area contributed by atoms with E-state index in [-0.39, 0.29) is 5.04 Å². The average Bonchev–Trinajstić information content (AvgIpc) is 2.01. The summed E-state index contributed by atoms with van der Waals surface area (Å²) in [6.45, 7) is 10.9. The smallest absolute Gasteiger partial charge is 0.301 e. The van der Waals surface area contributed by atoms with Gasteiger partial charge in [0, 0.05) is 0 Å². The Morgan fingerprint density at radius 2 is 1.64 bits per heavy atom. The van der Waals surface area contributed by atoms with Crippen LogP contribution >= 0.6 is 0 Å². The van der Waals surface area contributed by atoms with E-state index < -0.39 is 8.32 Å². The van der Waals surface area contributed by atoms with E-state index in [9.17, 15) is 0 Å². The first-order valence-corrected chi connectivity index (χ1v) is 7.61. The summed E-state index contributed by atoms with van der Waals surface area (Å²) < 4.78 is 15.8. The van der Waals surface area contributed by atoms with Gasteiger partial charge in [0.05, 0.1) is 14.2 Å². The lowest BCUT2D eigenvalue weighted by Gasteiger charge is -2.36. The van der Waals surface area contributed by atoms with Crippen molar-refractivity contribution in [2.75, 3.05) is 14.2 Å². The van der Waals surface area contributed by atoms with E-state index in [4.69, 9.17) is 13.9 Å². The standard InChI is InChI=1S/C10H22O3Si/c1-10(2,3)14(6,7)13-9(12-5)8-11-4/h8H,1-7H3/b9-8-. The van der Waals surface area contributed by atoms with Crippen LogP contribution < -0.4 is 0 Å². The summed E-state index contributed by atoms with van der Waals surface area (Å²) in [5, 5.41) is 0.165. The number of hydrogen-bond acceptors (Lipinski definition) is 3. The molecular weight excluding hydrogens is 196 g/mol. The lowest BCUT2D eigenvalue weighted by molar-refractivity contribution is 0.121. The van der Waals surface area contributed by atoms with Crippen LogP contribution in [-0.2, 0) is 13.9 Å². The maximum absolute atomic E-state index is 5.84. The van der Waals surface area contributed by atoms with E-state index in [0.717, 1.165) is 0 Å². The Morgan fingerprint density at radius 1 is 1.14 bits per heavy atom. The third-order valence-corrected chi connectivity index (χ3v) is 6.90. The molecule has 0 heterocycles. The van der Waals surface area contributed by atoms with Gasteiger partial charge in [-0.05, 0) is 18.1 Å². The van der Waals surface area contributed by atoms with Crippen LogP contribution in [0.1, 0.15) is 20.8 Å². The van der Waals surface area contributed by atoms with Gasteiger partial charge in [0.1, 0.15) is 0 Å². The zero-order valence-corrected chi connectivity index (χ0v) is 11.3. The lowest BCUT2D eigenvalue weighted by Crippen LogP contribution is -2.40. The number of ether oxygens (including phenoxy) is 2. The summed E-state index contributed by atoms with van der Waals surface area (Å²) >= 11 is 0. The van der Waals surface area contributed by atoms with Crippen LogP contribution in [0, 0.1) is 0 Å². The largest absolute Gasteiger partial charge is 0.517 e. The van der Waals surface area contributed by atoms with Crippen molar-refractivity contribution in [3.8, 4) is 0 Å². The molecule has 0 amide bonds. The molecule has 84 valence electrons. The molecule has 0 N–H and O–H groups in total. The number of methoxy groups -OCH3 is 2. The predicted octanol–water partition coefficient (Wildman–Crippen LogP) is 3.10. The van der Waals surface area contributed by atoms with E-state index >= 15 is 0 Å². The second kappa shape index (κ2) is 4.73. The molecular formula is C10H22O3Si. The minimum Gasteiger partial charge on any atom is -0.517 e. The normalized spacial score (nSPS) is 13.8. The highest BCUT2D eigenvalue weighted by atomic mass is 28.4. The molecule has 0 aromatic rings. The maximum Gasteiger partial charge on any atom is 0.301 e. The molecule has 3 nitrogen and oxygen atoms in total. The van der Waals surface area contributed by atoms with Gasteiger partial charge in [0.2, 0.25) is 0 Å². The average molecular weight is 218 g/mol. The van der Waals surface area contributed by atoms with Crippen LogP contribution in [-0.4, -0.2) is 22.5 Å². The van der Waals surface area contributed by atoms with Crippen molar-refractivity contribution < 1.29 is 13.9 Å². The summed E-state index contributed by atoms with van der Waals surface area (Å²) in [6.07, 6.45) is 1.49. The van der Waals surface area contributed by atoms with Crippen molar-refractivity contribution in [3.63, 3.8) is 0 Å². The van der Waals surface area contributed by atoms with Crippen molar-refractivity contribution >= 4 is 8.32 Å². The van der Waals surface area contributed by atoms with Crippen LogP contribution in [0.3, 0.4) is 0 Å². The van der Waals surface area contributed by atoms with Gasteiger partial charge in [0.15, 0.2) is 6.26 Å². The maximum atomic E-state index is 5.84. The summed E-state index contributed by atoms with van der Waals surface area (Å²) in [5.74, 6) is 0.457. The van der Waals surface area contributed by atoms with Gasteiger partial charge < -0.3 is 13.9 Å². The molecule has 0 bridgehead atoms. The Kier molecular flexibility index (Phi) is 4.51. The number of rotatable bonds is 4. The van der Waals surface area contributed by atoms with Crippen molar-refractivity contribution in [2.24, 2.45) is 0 Å². The summed E-state index contributed by atoms with van der Waals surface area (Å²) in [6, 6.07) is 0. The fourth-order valence-electron chi connectivity index (χ4n) is 0.615. The fourth-order valence-corrected chi connectivity index (χ4v) is 1.56. The molecule has 0 fully saturated rings. The molecule has 0 aromatic heterocycles. The minimum absolute atomic E-state index is 0.165. The first-order chi connectivity index (χ1) is 6.24. The number of hydrogen-bond donors (Lipinski definition) is 0. The molecule has 0 spiro atoms. The van der Waals surface area contributed by atoms with Crippen LogP contribution in [0.2, 0.25) is 18.1 Å². The van der Waals surface area contributed by atoms with Crippen molar-refractivity contribution in [2.45, 2.75) is 38.9 Å². The van der Waals surface area contributed by atoms with Crippen molar-refractivity contribution in [1.82, 2.24) is 0 Å². The Labute approximate surface area is 88.2 Å². The second-order valence-corrected chi connectivity index (χ2v) is 9.46. The van der Waals surface area contributed by atoms with Gasteiger partial charge in [0.25, 0.3) is 8.32 Å². The first-order valence-electron chi connectivity index (χ1n) is 4.70. The van der Waals surface area contributed by atoms with Gasteiger partial charge >= 0.3 is 5.95 Å². The van der Waals surface area contributed by atoms with E-state index in [0.29, 0.717) is 5.95 Å². The zero-order chi connectivity index (χ0) is 11.4. The van der Waals surface area contributed by atoms with E-state index in [1.54, 1.807) is 14.2 Å². The first kappa shape index (κ1) is 13.4. The summed E-state index contributed by atoms with van der Waals surface area (Å²) in [5.41, 5.74) is 0. The SMILES string of the molecule is CO/C=C(/OC)O[Si](C)(C)C(C)(C)C. The molecule has 0 aliphatic rings. The molecule has 0 saturated carbocycles. The van der Waals surface area contributed by atoms with Gasteiger partial charge in [-0.15, -0.1) is 0 Å². The van der Waals surface area contributed by atoms with Crippen LogP contribution in [0.15, 0.2) is 12.2 Å². The topological polar surface area (TPSA) is 27.7 Å². The Balaban J connectivity index is 4.56. The van der Waals surface area contributed by atoms with Crippen LogP contribution in [0.5, 0.6) is 0 Å². The molecule has 0 aliphatic heterocycles. The minimum atomic E-state index is -1.80. The van der Waals surface area contributed by atoms with Crippen LogP contribution in [0.25, 0.3) is 0 Å². The highest BCUT2D eigenvalue weighted by Gasteiger charge is 2.39. The molecule has 0 rings (SSSR count). The quantitative estimate of drug-likeness (QED) is 0.536. The molecule has 0 unspecified atom stereocenters. The monoisotopic (exact) mass is 218 g/mol. The van der Waals surface area contributed by atoms with Gasteiger partial charge in [-0.2, -0.15) is 0 Å². The third-order valence-electron chi connectivity index (χ3n) is 2.58. The molecule has 0 atom stereocenters. The highest BCUT2D eigenvalue weighted by molar-refractivity contribution is 6.74. The molecule has 14 heavy (non-hydrogen) atoms. The lowest BCUT2D eigenvalue weighted by atomic mass is 10.2. The summed E-state index contributed by atoms with van der Waals surface area (Å²) in [7, 11) is 1.36. The summed E-state index contributed by atoms with van der Waals surface area (Å²) in [4.78, 5) is 0. The molecule has 0 aliphatic carbocycles. The third kappa shape index (κ3) is 3.62. The molecule has 0 radical (unpaired) electrons. The predicted molar refractivity (Wildman–Crippen MR) is 60.4 cm³/mol.